The molecule has 8 heteroatoms. The average molecular weight is 492 g/mol. The smallest absolute Gasteiger partial charge is 0.242 e. The minimum absolute atomic E-state index is 0.00767. The number of carbonyl (C=O) groups excluding carboxylic acids is 2. The molecule has 182 valence electrons. The molecule has 1 heterocycles. The van der Waals surface area contributed by atoms with Gasteiger partial charge in [-0.15, -0.1) is 0 Å². The molecule has 4 rings (SSSR count). The number of nitrogens with zero attached hydrogens (tertiary/aromatic N) is 1. The lowest BCUT2D eigenvalue weighted by Crippen LogP contribution is -2.45. The Morgan fingerprint density at radius 2 is 1.71 bits per heavy atom. The summed E-state index contributed by atoms with van der Waals surface area (Å²) < 4.78 is 29.3. The number of carbonyl (C=O) groups is 2. The number of hydrogen-bond donors (Lipinski definition) is 2. The molecule has 0 aromatic heterocycles. The average Bonchev–Trinajstić information content (AvgIpc) is 3.28. The predicted molar refractivity (Wildman–Crippen MR) is 137 cm³/mol. The second-order valence-electron chi connectivity index (χ2n) is 8.61. The highest BCUT2D eigenvalue weighted by Crippen LogP contribution is 2.30. The summed E-state index contributed by atoms with van der Waals surface area (Å²) in [6, 6.07) is 20.4. The SMILES string of the molecule is CCC(=O)N1CCc2cc(S(=O)(=O)N[C@H](Cc3ccccc3)C(=O)Nc3ccccc3C)ccc21. The second kappa shape index (κ2) is 10.4. The third-order valence-electron chi connectivity index (χ3n) is 6.16. The van der Waals surface area contributed by atoms with Crippen molar-refractivity contribution in [1.29, 1.82) is 0 Å². The number of hydrogen-bond acceptors (Lipinski definition) is 4. The van der Waals surface area contributed by atoms with Crippen molar-refractivity contribution in [1.82, 2.24) is 4.72 Å². The van der Waals surface area contributed by atoms with Crippen molar-refractivity contribution in [3.63, 3.8) is 0 Å². The molecule has 0 radical (unpaired) electrons. The van der Waals surface area contributed by atoms with Gasteiger partial charge in [-0.25, -0.2) is 8.42 Å². The summed E-state index contributed by atoms with van der Waals surface area (Å²) in [7, 11) is -4.01. The molecule has 35 heavy (non-hydrogen) atoms. The molecular formula is C27H29N3O4S. The Balaban J connectivity index is 1.60. The summed E-state index contributed by atoms with van der Waals surface area (Å²) in [5, 5.41) is 2.86. The molecule has 3 aromatic carbocycles. The first-order chi connectivity index (χ1) is 16.8. The lowest BCUT2D eigenvalue weighted by Gasteiger charge is -2.20. The summed E-state index contributed by atoms with van der Waals surface area (Å²) in [5.74, 6) is -0.430. The van der Waals surface area contributed by atoms with Crippen LogP contribution in [0.25, 0.3) is 0 Å². The van der Waals surface area contributed by atoms with Gasteiger partial charge in [-0.2, -0.15) is 4.72 Å². The van der Waals surface area contributed by atoms with Crippen LogP contribution in [0.2, 0.25) is 0 Å². The Hall–Kier alpha value is -3.49. The third kappa shape index (κ3) is 5.61. The first kappa shape index (κ1) is 24.6. The van der Waals surface area contributed by atoms with Gasteiger partial charge in [0.05, 0.1) is 4.90 Å². The summed E-state index contributed by atoms with van der Waals surface area (Å²) >= 11 is 0. The van der Waals surface area contributed by atoms with Gasteiger partial charge in [0.15, 0.2) is 0 Å². The third-order valence-corrected chi connectivity index (χ3v) is 7.63. The lowest BCUT2D eigenvalue weighted by atomic mass is 10.1. The topological polar surface area (TPSA) is 95.6 Å². The standard InChI is InChI=1S/C27H29N3O4S/c1-3-26(31)30-16-15-21-18-22(13-14-25(21)30)35(33,34)29-24(17-20-10-5-4-6-11-20)27(32)28-23-12-8-7-9-19(23)2/h4-14,18,24,29H,3,15-17H2,1-2H3,(H,28,32)/t24-/m1/s1. The number of fused-ring (bicyclic) bond motifs is 1. The van der Waals surface area contributed by atoms with E-state index in [1.54, 1.807) is 30.0 Å². The van der Waals surface area contributed by atoms with Crippen molar-refractivity contribution in [3.05, 3.63) is 89.5 Å². The largest absolute Gasteiger partial charge is 0.324 e. The van der Waals surface area contributed by atoms with E-state index in [4.69, 9.17) is 0 Å². The summed E-state index contributed by atoms with van der Waals surface area (Å²) in [4.78, 5) is 27.2. The Morgan fingerprint density at radius 3 is 2.43 bits per heavy atom. The molecule has 0 saturated carbocycles. The monoisotopic (exact) mass is 491 g/mol. The number of amides is 2. The van der Waals surface area contributed by atoms with Gasteiger partial charge in [-0.1, -0.05) is 55.5 Å². The highest BCUT2D eigenvalue weighted by atomic mass is 32.2. The van der Waals surface area contributed by atoms with Crippen LogP contribution >= 0.6 is 0 Å². The first-order valence-corrected chi connectivity index (χ1v) is 13.1. The normalized spacial score (nSPS) is 13.8. The summed E-state index contributed by atoms with van der Waals surface area (Å²) in [6.07, 6.45) is 1.17. The molecule has 7 nitrogen and oxygen atoms in total. The zero-order valence-corrected chi connectivity index (χ0v) is 20.6. The minimum atomic E-state index is -4.01. The summed E-state index contributed by atoms with van der Waals surface area (Å²) in [6.45, 7) is 4.22. The van der Waals surface area contributed by atoms with Gasteiger partial charge >= 0.3 is 0 Å². The number of rotatable bonds is 8. The molecule has 0 aliphatic carbocycles. The molecule has 0 bridgehead atoms. The van der Waals surface area contributed by atoms with Crippen LogP contribution in [-0.2, 0) is 32.5 Å². The van der Waals surface area contributed by atoms with Crippen LogP contribution in [0.4, 0.5) is 11.4 Å². The van der Waals surface area contributed by atoms with E-state index in [1.807, 2.05) is 55.5 Å². The Kier molecular flexibility index (Phi) is 7.33. The van der Waals surface area contributed by atoms with Crippen LogP contribution in [-0.4, -0.2) is 32.8 Å². The molecular weight excluding hydrogens is 462 g/mol. The molecule has 0 spiro atoms. The molecule has 1 aliphatic rings. The van der Waals surface area contributed by atoms with Crippen LogP contribution in [0.5, 0.6) is 0 Å². The Labute approximate surface area is 206 Å². The van der Waals surface area contributed by atoms with E-state index in [2.05, 4.69) is 10.0 Å². The number of nitrogens with one attached hydrogen (secondary N) is 2. The highest BCUT2D eigenvalue weighted by molar-refractivity contribution is 7.89. The van der Waals surface area contributed by atoms with E-state index >= 15 is 0 Å². The van der Waals surface area contributed by atoms with Gasteiger partial charge in [0.25, 0.3) is 0 Å². The molecule has 0 fully saturated rings. The maximum Gasteiger partial charge on any atom is 0.242 e. The quantitative estimate of drug-likeness (QED) is 0.501. The van der Waals surface area contributed by atoms with E-state index < -0.39 is 22.0 Å². The number of para-hydroxylation sites is 1. The molecule has 2 N–H and O–H groups in total. The van der Waals surface area contributed by atoms with E-state index in [0.717, 1.165) is 22.4 Å². The van der Waals surface area contributed by atoms with Gasteiger partial charge in [0.1, 0.15) is 6.04 Å². The molecule has 3 aromatic rings. The minimum Gasteiger partial charge on any atom is -0.324 e. The molecule has 1 atom stereocenters. The van der Waals surface area contributed by atoms with Gasteiger partial charge in [-0.05, 0) is 60.7 Å². The van der Waals surface area contributed by atoms with Crippen LogP contribution in [0, 0.1) is 6.92 Å². The van der Waals surface area contributed by atoms with Crippen LogP contribution in [0.1, 0.15) is 30.0 Å². The fraction of sp³-hybridized carbons (Fsp3) is 0.259. The fourth-order valence-electron chi connectivity index (χ4n) is 4.22. The van der Waals surface area contributed by atoms with Gasteiger partial charge in [0.2, 0.25) is 21.8 Å². The van der Waals surface area contributed by atoms with Crippen molar-refractivity contribution in [2.75, 3.05) is 16.8 Å². The van der Waals surface area contributed by atoms with E-state index in [9.17, 15) is 18.0 Å². The molecule has 0 unspecified atom stereocenters. The van der Waals surface area contributed by atoms with Crippen molar-refractivity contribution in [2.45, 2.75) is 44.0 Å². The molecule has 2 amide bonds. The number of anilines is 2. The van der Waals surface area contributed by atoms with Crippen molar-refractivity contribution >= 4 is 33.2 Å². The molecule has 1 aliphatic heterocycles. The van der Waals surface area contributed by atoms with Crippen molar-refractivity contribution in [2.24, 2.45) is 0 Å². The van der Waals surface area contributed by atoms with Gasteiger partial charge in [0, 0.05) is 24.3 Å². The van der Waals surface area contributed by atoms with E-state index in [0.29, 0.717) is 25.1 Å². The first-order valence-electron chi connectivity index (χ1n) is 11.6. The lowest BCUT2D eigenvalue weighted by molar-refractivity contribution is -0.118. The second-order valence-corrected chi connectivity index (χ2v) is 10.3. The summed E-state index contributed by atoms with van der Waals surface area (Å²) in [5.41, 5.74) is 3.90. The maximum absolute atomic E-state index is 13.4. The zero-order valence-electron chi connectivity index (χ0n) is 19.8. The fourth-order valence-corrected chi connectivity index (χ4v) is 5.47. The maximum atomic E-state index is 13.4. The Bertz CT molecular complexity index is 1340. The van der Waals surface area contributed by atoms with Gasteiger partial charge < -0.3 is 10.2 Å². The number of sulfonamides is 1. The predicted octanol–water partition coefficient (Wildman–Crippen LogP) is 3.82. The Morgan fingerprint density at radius 1 is 1.00 bits per heavy atom. The van der Waals surface area contributed by atoms with Crippen molar-refractivity contribution < 1.29 is 18.0 Å². The number of aryl methyl sites for hydroxylation is 1. The van der Waals surface area contributed by atoms with Gasteiger partial charge in [-0.3, -0.25) is 9.59 Å². The molecule has 0 saturated heterocycles. The number of benzene rings is 3. The van der Waals surface area contributed by atoms with E-state index in [1.165, 1.54) is 6.07 Å². The highest BCUT2D eigenvalue weighted by Gasteiger charge is 2.29. The van der Waals surface area contributed by atoms with Crippen molar-refractivity contribution in [3.8, 4) is 0 Å². The van der Waals surface area contributed by atoms with Crippen LogP contribution in [0.15, 0.2) is 77.7 Å². The van der Waals surface area contributed by atoms with E-state index in [-0.39, 0.29) is 17.2 Å². The van der Waals surface area contributed by atoms with Crippen LogP contribution < -0.4 is 14.9 Å². The van der Waals surface area contributed by atoms with Crippen LogP contribution in [0.3, 0.4) is 0 Å². The zero-order chi connectivity index (χ0) is 25.0.